The molecule has 12 nitrogen and oxygen atoms in total. The van der Waals surface area contributed by atoms with Gasteiger partial charge in [0.2, 0.25) is 17.7 Å². The molecule has 2 aromatic rings. The molecule has 0 spiro atoms. The Kier molecular flexibility index (Phi) is 12.2. The quantitative estimate of drug-likeness (QED) is 0.135. The van der Waals surface area contributed by atoms with Gasteiger partial charge in [0.25, 0.3) is 0 Å². The summed E-state index contributed by atoms with van der Waals surface area (Å²) in [5, 5.41) is 27.0. The molecule has 0 saturated carbocycles. The van der Waals surface area contributed by atoms with Crippen LogP contribution in [0, 0.1) is 5.92 Å². The summed E-state index contributed by atoms with van der Waals surface area (Å²) < 4.78 is 0. The van der Waals surface area contributed by atoms with E-state index in [4.69, 9.17) is 16.6 Å². The average molecular weight is 533 g/mol. The van der Waals surface area contributed by atoms with E-state index in [2.05, 4.69) is 20.9 Å². The first-order valence-electron chi connectivity index (χ1n) is 12.9. The van der Waals surface area contributed by atoms with Crippen LogP contribution >= 0.6 is 0 Å². The maximum atomic E-state index is 13.3. The monoisotopic (exact) mass is 532 g/mol. The van der Waals surface area contributed by atoms with Crippen LogP contribution < -0.4 is 27.4 Å². The molecule has 1 aromatic carbocycles. The van der Waals surface area contributed by atoms with E-state index < -0.39 is 54.5 Å². The fourth-order valence-corrected chi connectivity index (χ4v) is 4.07. The minimum Gasteiger partial charge on any atom is -0.480 e. The van der Waals surface area contributed by atoms with Crippen LogP contribution in [-0.4, -0.2) is 76.2 Å². The molecule has 0 aliphatic heterocycles. The summed E-state index contributed by atoms with van der Waals surface area (Å²) >= 11 is 0. The molecule has 210 valence electrons. The van der Waals surface area contributed by atoms with Crippen molar-refractivity contribution in [2.75, 3.05) is 13.2 Å². The van der Waals surface area contributed by atoms with Crippen molar-refractivity contribution >= 4 is 34.6 Å². The van der Waals surface area contributed by atoms with Crippen molar-refractivity contribution in [3.63, 3.8) is 0 Å². The molecule has 0 aliphatic rings. The number of aliphatic carboxylic acids is 1. The normalized spacial score (nSPS) is 15.2. The number of aromatic amines is 1. The molecule has 2 rings (SSSR count). The summed E-state index contributed by atoms with van der Waals surface area (Å²) in [7, 11) is 0. The zero-order chi connectivity index (χ0) is 28.2. The van der Waals surface area contributed by atoms with Gasteiger partial charge in [-0.1, -0.05) is 38.5 Å². The van der Waals surface area contributed by atoms with Gasteiger partial charge >= 0.3 is 5.97 Å². The molecular weight excluding hydrogens is 492 g/mol. The number of amides is 3. The number of hydrogen-bond acceptors (Lipinski definition) is 7. The van der Waals surface area contributed by atoms with Crippen molar-refractivity contribution in [3.8, 4) is 0 Å². The zero-order valence-corrected chi connectivity index (χ0v) is 21.9. The fourth-order valence-electron chi connectivity index (χ4n) is 4.07. The predicted molar refractivity (Wildman–Crippen MR) is 143 cm³/mol. The van der Waals surface area contributed by atoms with Crippen molar-refractivity contribution in [3.05, 3.63) is 36.0 Å². The van der Waals surface area contributed by atoms with Crippen LogP contribution in [0.25, 0.3) is 10.9 Å². The van der Waals surface area contributed by atoms with Crippen molar-refractivity contribution in [1.29, 1.82) is 0 Å². The van der Waals surface area contributed by atoms with E-state index in [-0.39, 0.29) is 18.8 Å². The van der Waals surface area contributed by atoms with Gasteiger partial charge < -0.3 is 42.6 Å². The average Bonchev–Trinajstić information content (AvgIpc) is 3.31. The van der Waals surface area contributed by atoms with Crippen molar-refractivity contribution in [2.24, 2.45) is 17.4 Å². The second-order valence-electron chi connectivity index (χ2n) is 9.47. The third kappa shape index (κ3) is 8.54. The summed E-state index contributed by atoms with van der Waals surface area (Å²) in [6.07, 6.45) is 4.02. The first-order valence-corrected chi connectivity index (χ1v) is 12.9. The SMILES string of the molecule is CCC(C)C(NC(=O)C(CCCCN)NC(=O)C(N)Cc1c[nH]c2ccccc12)C(=O)NC(CO)C(=O)O. The molecule has 0 bridgehead atoms. The highest BCUT2D eigenvalue weighted by molar-refractivity contribution is 5.94. The minimum atomic E-state index is -1.51. The van der Waals surface area contributed by atoms with Gasteiger partial charge in [-0.25, -0.2) is 4.79 Å². The van der Waals surface area contributed by atoms with E-state index in [9.17, 15) is 24.3 Å². The second-order valence-corrected chi connectivity index (χ2v) is 9.47. The molecule has 0 saturated heterocycles. The van der Waals surface area contributed by atoms with Gasteiger partial charge in [0.05, 0.1) is 12.6 Å². The smallest absolute Gasteiger partial charge is 0.328 e. The fraction of sp³-hybridized carbons (Fsp3) is 0.538. The molecule has 5 atom stereocenters. The van der Waals surface area contributed by atoms with Gasteiger partial charge in [0, 0.05) is 17.1 Å². The number of aromatic nitrogens is 1. The second kappa shape index (κ2) is 15.1. The lowest BCUT2D eigenvalue weighted by molar-refractivity contribution is -0.143. The number of carbonyl (C=O) groups excluding carboxylic acids is 3. The maximum absolute atomic E-state index is 13.3. The Morgan fingerprint density at radius 1 is 1.00 bits per heavy atom. The Balaban J connectivity index is 2.14. The maximum Gasteiger partial charge on any atom is 0.328 e. The van der Waals surface area contributed by atoms with Crippen molar-refractivity contribution in [2.45, 2.75) is 70.1 Å². The van der Waals surface area contributed by atoms with Crippen LogP contribution in [0.4, 0.5) is 0 Å². The van der Waals surface area contributed by atoms with Crippen LogP contribution in [-0.2, 0) is 25.6 Å². The van der Waals surface area contributed by atoms with Gasteiger partial charge in [-0.15, -0.1) is 0 Å². The summed E-state index contributed by atoms with van der Waals surface area (Å²) in [6, 6.07) is 3.17. The number of nitrogens with one attached hydrogen (secondary N) is 4. The first-order chi connectivity index (χ1) is 18.1. The third-order valence-corrected chi connectivity index (χ3v) is 6.62. The van der Waals surface area contributed by atoms with Gasteiger partial charge in [-0.3, -0.25) is 14.4 Å². The Morgan fingerprint density at radius 3 is 2.32 bits per heavy atom. The Hall–Kier alpha value is -3.48. The minimum absolute atomic E-state index is 0.253. The molecule has 12 heteroatoms. The number of fused-ring (bicyclic) bond motifs is 1. The number of H-pyrrole nitrogens is 1. The topological polar surface area (TPSA) is 213 Å². The lowest BCUT2D eigenvalue weighted by Crippen LogP contribution is -2.59. The van der Waals surface area contributed by atoms with E-state index in [1.807, 2.05) is 31.2 Å². The number of carboxylic acid groups (broad SMARTS) is 1. The summed E-state index contributed by atoms with van der Waals surface area (Å²) in [5.74, 6) is -3.59. The van der Waals surface area contributed by atoms with E-state index >= 15 is 0 Å². The lowest BCUT2D eigenvalue weighted by atomic mass is 9.97. The highest BCUT2D eigenvalue weighted by Gasteiger charge is 2.32. The number of carboxylic acids is 1. The first kappa shape index (κ1) is 30.7. The van der Waals surface area contributed by atoms with Crippen LogP contribution in [0.3, 0.4) is 0 Å². The molecule has 3 amide bonds. The number of para-hydroxylation sites is 1. The number of nitrogens with two attached hydrogens (primary N) is 2. The van der Waals surface area contributed by atoms with E-state index in [1.165, 1.54) is 0 Å². The lowest BCUT2D eigenvalue weighted by Gasteiger charge is -2.28. The summed E-state index contributed by atoms with van der Waals surface area (Å²) in [4.78, 5) is 53.5. The van der Waals surface area contributed by atoms with Gasteiger partial charge in [-0.2, -0.15) is 0 Å². The number of hydrogen-bond donors (Lipinski definition) is 8. The third-order valence-electron chi connectivity index (χ3n) is 6.62. The van der Waals surface area contributed by atoms with E-state index in [0.717, 1.165) is 16.5 Å². The zero-order valence-electron chi connectivity index (χ0n) is 21.9. The molecule has 0 radical (unpaired) electrons. The molecule has 0 fully saturated rings. The molecule has 38 heavy (non-hydrogen) atoms. The number of rotatable bonds is 16. The molecule has 1 heterocycles. The van der Waals surface area contributed by atoms with Gasteiger partial charge in [0.15, 0.2) is 0 Å². The van der Waals surface area contributed by atoms with E-state index in [0.29, 0.717) is 25.8 Å². The number of unbranched alkanes of at least 4 members (excludes halogenated alkanes) is 1. The van der Waals surface area contributed by atoms with Crippen LogP contribution in [0.5, 0.6) is 0 Å². The Bertz CT molecular complexity index is 1090. The predicted octanol–water partition coefficient (Wildman–Crippen LogP) is -0.256. The van der Waals surface area contributed by atoms with Gasteiger partial charge in [0.1, 0.15) is 18.1 Å². The van der Waals surface area contributed by atoms with Crippen LogP contribution in [0.15, 0.2) is 30.5 Å². The van der Waals surface area contributed by atoms with Crippen LogP contribution in [0.2, 0.25) is 0 Å². The summed E-state index contributed by atoms with van der Waals surface area (Å²) in [5.41, 5.74) is 13.6. The Morgan fingerprint density at radius 2 is 1.68 bits per heavy atom. The highest BCUT2D eigenvalue weighted by atomic mass is 16.4. The molecule has 5 unspecified atom stereocenters. The van der Waals surface area contributed by atoms with Crippen molar-refractivity contribution in [1.82, 2.24) is 20.9 Å². The number of aliphatic hydroxyl groups is 1. The molecule has 10 N–H and O–H groups in total. The van der Waals surface area contributed by atoms with Crippen LogP contribution in [0.1, 0.15) is 45.1 Å². The molecule has 1 aromatic heterocycles. The Labute approximate surface area is 221 Å². The standard InChI is InChI=1S/C26H40N6O6/c1-3-15(2)22(25(36)31-21(14-33)26(37)38)32-24(35)20(10-6-7-11-27)30-23(34)18(28)12-16-13-29-19-9-5-4-8-17(16)19/h4-5,8-9,13,15,18,20-22,29,33H,3,6-7,10-12,14,27-28H2,1-2H3,(H,30,34)(H,31,36)(H,32,35)(H,37,38). The number of carbonyl (C=O) groups is 4. The molecule has 0 aliphatic carbocycles. The number of aliphatic hydroxyl groups excluding tert-OH is 1. The van der Waals surface area contributed by atoms with Crippen molar-refractivity contribution < 1.29 is 29.4 Å². The summed E-state index contributed by atoms with van der Waals surface area (Å²) in [6.45, 7) is 3.17. The number of benzene rings is 1. The molecular formula is C26H40N6O6. The van der Waals surface area contributed by atoms with Gasteiger partial charge in [-0.05, 0) is 49.8 Å². The highest BCUT2D eigenvalue weighted by Crippen LogP contribution is 2.19. The van der Waals surface area contributed by atoms with E-state index in [1.54, 1.807) is 13.1 Å². The largest absolute Gasteiger partial charge is 0.480 e.